The second-order valence-corrected chi connectivity index (χ2v) is 6.68. The van der Waals surface area contributed by atoms with E-state index in [1.807, 2.05) is 12.5 Å². The molecule has 0 atom stereocenters. The van der Waals surface area contributed by atoms with Gasteiger partial charge in [0.15, 0.2) is 0 Å². The summed E-state index contributed by atoms with van der Waals surface area (Å²) in [6.07, 6.45) is 21.4. The lowest BCUT2D eigenvalue weighted by Gasteiger charge is -2.03. The molecule has 7 heteroatoms. The van der Waals surface area contributed by atoms with E-state index in [2.05, 4.69) is 22.7 Å². The van der Waals surface area contributed by atoms with Crippen molar-refractivity contribution < 1.29 is 17.5 Å². The first kappa shape index (κ1) is 22.1. The van der Waals surface area contributed by atoms with Crippen molar-refractivity contribution in [2.24, 2.45) is 0 Å². The van der Waals surface area contributed by atoms with Gasteiger partial charge in [-0.15, -0.1) is 0 Å². The minimum absolute atomic E-state index is 1.14. The molecule has 0 aromatic carbocycles. The Kier molecular flexibility index (Phi) is 14.1. The summed E-state index contributed by atoms with van der Waals surface area (Å²) >= 11 is 0. The van der Waals surface area contributed by atoms with Gasteiger partial charge in [0, 0.05) is 18.9 Å². The summed E-state index contributed by atoms with van der Waals surface area (Å²) in [4.78, 5) is 4.06. The summed E-state index contributed by atoms with van der Waals surface area (Å²) in [5.74, 6) is 0. The van der Waals surface area contributed by atoms with E-state index in [-0.39, 0.29) is 0 Å². The largest absolute Gasteiger partial charge is 0.394 e. The van der Waals surface area contributed by atoms with Crippen molar-refractivity contribution in [2.45, 2.75) is 84.1 Å². The van der Waals surface area contributed by atoms with Gasteiger partial charge in [0.2, 0.25) is 0 Å². The number of aryl methyl sites for hydroxylation is 1. The lowest BCUT2D eigenvalue weighted by molar-refractivity contribution is 0.381. The van der Waals surface area contributed by atoms with Gasteiger partial charge in [0.25, 0.3) is 0 Å². The van der Waals surface area contributed by atoms with E-state index < -0.39 is 10.4 Å². The predicted molar refractivity (Wildman–Crippen MR) is 92.9 cm³/mol. The number of aromatic nitrogens is 2. The Morgan fingerprint density at radius 2 is 1.30 bits per heavy atom. The van der Waals surface area contributed by atoms with Crippen molar-refractivity contribution in [3.05, 3.63) is 18.7 Å². The van der Waals surface area contributed by atoms with Gasteiger partial charge < -0.3 is 4.57 Å². The zero-order chi connectivity index (χ0) is 17.4. The Labute approximate surface area is 140 Å². The first-order chi connectivity index (χ1) is 10.9. The van der Waals surface area contributed by atoms with Gasteiger partial charge in [-0.1, -0.05) is 71.1 Å². The zero-order valence-corrected chi connectivity index (χ0v) is 15.0. The highest BCUT2D eigenvalue weighted by atomic mass is 32.3. The molecule has 0 aliphatic rings. The molecular formula is C16H32N2O4S. The number of unbranched alkanes of at least 4 members (excludes halogenated alkanes) is 10. The van der Waals surface area contributed by atoms with E-state index in [0.29, 0.717) is 0 Å². The van der Waals surface area contributed by atoms with Crippen LogP contribution in [0.15, 0.2) is 18.7 Å². The summed E-state index contributed by atoms with van der Waals surface area (Å²) in [6, 6.07) is 0. The Balaban J connectivity index is 0.000000841. The SMILES string of the molecule is CCCCCCCCCCCCCn1ccnc1.O=S(=O)(O)O. The van der Waals surface area contributed by atoms with E-state index >= 15 is 0 Å². The molecule has 2 N–H and O–H groups in total. The summed E-state index contributed by atoms with van der Waals surface area (Å²) in [5.41, 5.74) is 0. The van der Waals surface area contributed by atoms with Gasteiger partial charge in [-0.25, -0.2) is 4.98 Å². The molecule has 0 unspecified atom stereocenters. The third-order valence-corrected chi connectivity index (χ3v) is 3.58. The smallest absolute Gasteiger partial charge is 0.337 e. The minimum atomic E-state index is -4.67. The van der Waals surface area contributed by atoms with Crippen molar-refractivity contribution in [3.63, 3.8) is 0 Å². The second kappa shape index (κ2) is 14.7. The van der Waals surface area contributed by atoms with Crippen LogP contribution in [0.5, 0.6) is 0 Å². The van der Waals surface area contributed by atoms with Crippen LogP contribution in [0.4, 0.5) is 0 Å². The molecule has 0 aliphatic heterocycles. The predicted octanol–water partition coefficient (Wildman–Crippen LogP) is 4.54. The zero-order valence-electron chi connectivity index (χ0n) is 14.2. The maximum atomic E-state index is 8.74. The fraction of sp³-hybridized carbons (Fsp3) is 0.812. The molecule has 1 aromatic heterocycles. The highest BCUT2D eigenvalue weighted by Gasteiger charge is 1.93. The van der Waals surface area contributed by atoms with E-state index in [0.717, 1.165) is 6.54 Å². The maximum Gasteiger partial charge on any atom is 0.394 e. The van der Waals surface area contributed by atoms with Crippen LogP contribution in [0.3, 0.4) is 0 Å². The van der Waals surface area contributed by atoms with Gasteiger partial charge in [-0.05, 0) is 6.42 Å². The van der Waals surface area contributed by atoms with Crippen molar-refractivity contribution >= 4 is 10.4 Å². The molecule has 6 nitrogen and oxygen atoms in total. The Morgan fingerprint density at radius 1 is 0.870 bits per heavy atom. The van der Waals surface area contributed by atoms with Crippen molar-refractivity contribution in [1.82, 2.24) is 9.55 Å². The van der Waals surface area contributed by atoms with Gasteiger partial charge >= 0.3 is 10.4 Å². The summed E-state index contributed by atoms with van der Waals surface area (Å²) < 4.78 is 33.8. The Morgan fingerprint density at radius 3 is 1.70 bits per heavy atom. The van der Waals surface area contributed by atoms with E-state index in [1.165, 1.54) is 70.6 Å². The molecule has 0 bridgehead atoms. The average Bonchev–Trinajstić information content (AvgIpc) is 2.96. The molecule has 1 rings (SSSR count). The van der Waals surface area contributed by atoms with Crippen molar-refractivity contribution in [2.75, 3.05) is 0 Å². The van der Waals surface area contributed by atoms with Crippen LogP contribution in [-0.4, -0.2) is 27.1 Å². The van der Waals surface area contributed by atoms with E-state index in [4.69, 9.17) is 17.5 Å². The Bertz CT molecular complexity index is 439. The molecule has 23 heavy (non-hydrogen) atoms. The molecule has 1 heterocycles. The fourth-order valence-corrected chi connectivity index (χ4v) is 2.38. The van der Waals surface area contributed by atoms with Crippen LogP contribution in [0, 0.1) is 0 Å². The van der Waals surface area contributed by atoms with Gasteiger partial charge in [-0.2, -0.15) is 8.42 Å². The Hall–Kier alpha value is -0.920. The molecule has 0 aliphatic carbocycles. The normalized spacial score (nSPS) is 11.1. The third-order valence-electron chi connectivity index (χ3n) is 3.58. The van der Waals surface area contributed by atoms with E-state index in [9.17, 15) is 0 Å². The molecular weight excluding hydrogens is 316 g/mol. The van der Waals surface area contributed by atoms with Crippen LogP contribution in [0.25, 0.3) is 0 Å². The minimum Gasteiger partial charge on any atom is -0.337 e. The average molecular weight is 349 g/mol. The van der Waals surface area contributed by atoms with Crippen LogP contribution in [0.1, 0.15) is 77.6 Å². The molecule has 136 valence electrons. The van der Waals surface area contributed by atoms with Crippen LogP contribution < -0.4 is 0 Å². The standard InChI is InChI=1S/C16H30N2.H2O4S/c1-2-3-4-5-6-7-8-9-10-11-12-14-18-15-13-17-16-18;1-5(2,3)4/h13,15-16H,2-12,14H2,1H3;(H2,1,2,3,4). The van der Waals surface area contributed by atoms with Crippen LogP contribution >= 0.6 is 0 Å². The molecule has 1 aromatic rings. The number of hydrogen-bond donors (Lipinski definition) is 2. The lowest BCUT2D eigenvalue weighted by atomic mass is 10.1. The van der Waals surface area contributed by atoms with Gasteiger partial charge in [-0.3, -0.25) is 9.11 Å². The first-order valence-corrected chi connectivity index (χ1v) is 9.98. The maximum absolute atomic E-state index is 8.74. The van der Waals surface area contributed by atoms with Crippen molar-refractivity contribution in [1.29, 1.82) is 0 Å². The number of imidazole rings is 1. The topological polar surface area (TPSA) is 92.4 Å². The molecule has 0 fully saturated rings. The highest BCUT2D eigenvalue weighted by molar-refractivity contribution is 7.79. The lowest BCUT2D eigenvalue weighted by Crippen LogP contribution is -1.93. The monoisotopic (exact) mass is 348 g/mol. The molecule has 0 amide bonds. The molecule has 0 saturated heterocycles. The van der Waals surface area contributed by atoms with Crippen LogP contribution in [-0.2, 0) is 16.9 Å². The number of rotatable bonds is 12. The highest BCUT2D eigenvalue weighted by Crippen LogP contribution is 2.11. The summed E-state index contributed by atoms with van der Waals surface area (Å²) in [5, 5.41) is 0. The quantitative estimate of drug-likeness (QED) is 0.427. The van der Waals surface area contributed by atoms with Crippen molar-refractivity contribution in [3.8, 4) is 0 Å². The van der Waals surface area contributed by atoms with Crippen LogP contribution in [0.2, 0.25) is 0 Å². The third kappa shape index (κ3) is 21.1. The van der Waals surface area contributed by atoms with Gasteiger partial charge in [0.1, 0.15) is 0 Å². The molecule has 0 saturated carbocycles. The number of hydrogen-bond acceptors (Lipinski definition) is 3. The molecule has 0 spiro atoms. The first-order valence-electron chi connectivity index (χ1n) is 8.59. The fourth-order valence-electron chi connectivity index (χ4n) is 2.38. The summed E-state index contributed by atoms with van der Waals surface area (Å²) in [7, 11) is -4.67. The molecule has 0 radical (unpaired) electrons. The number of nitrogens with zero attached hydrogens (tertiary/aromatic N) is 2. The second-order valence-electron chi connectivity index (χ2n) is 5.78. The van der Waals surface area contributed by atoms with Gasteiger partial charge in [0.05, 0.1) is 6.33 Å². The summed E-state index contributed by atoms with van der Waals surface area (Å²) in [6.45, 7) is 3.42. The van der Waals surface area contributed by atoms with E-state index in [1.54, 1.807) is 0 Å².